The number of nitro groups is 1. The van der Waals surface area contributed by atoms with Gasteiger partial charge in [-0.3, -0.25) is 14.9 Å². The molecule has 0 heterocycles. The zero-order chi connectivity index (χ0) is 15.6. The van der Waals surface area contributed by atoms with Gasteiger partial charge in [-0.1, -0.05) is 6.07 Å². The highest BCUT2D eigenvalue weighted by Crippen LogP contribution is 2.33. The van der Waals surface area contributed by atoms with Crippen LogP contribution in [0.1, 0.15) is 10.4 Å². The molecule has 2 aromatic rings. The summed E-state index contributed by atoms with van der Waals surface area (Å²) in [6.07, 6.45) is 0. The van der Waals surface area contributed by atoms with Crippen molar-refractivity contribution in [1.29, 1.82) is 0 Å². The van der Waals surface area contributed by atoms with Gasteiger partial charge in [0.25, 0.3) is 11.6 Å². The van der Waals surface area contributed by atoms with E-state index >= 15 is 0 Å². The Morgan fingerprint density at radius 3 is 2.67 bits per heavy atom. The van der Waals surface area contributed by atoms with Gasteiger partial charge in [0.2, 0.25) is 0 Å². The van der Waals surface area contributed by atoms with Crippen molar-refractivity contribution >= 4 is 33.2 Å². The number of hydrogen-bond donors (Lipinski definition) is 2. The van der Waals surface area contributed by atoms with E-state index in [9.17, 15) is 24.4 Å². The minimum atomic E-state index is -0.726. The van der Waals surface area contributed by atoms with E-state index in [2.05, 4.69) is 21.2 Å². The number of carbonyl (C=O) groups excluding carboxylic acids is 1. The summed E-state index contributed by atoms with van der Waals surface area (Å²) < 4.78 is 13.2. The van der Waals surface area contributed by atoms with Crippen molar-refractivity contribution < 1.29 is 19.2 Å². The molecule has 0 fully saturated rings. The molecular formula is C13H8BrFN2O4. The third-order valence-corrected chi connectivity index (χ3v) is 3.25. The van der Waals surface area contributed by atoms with Gasteiger partial charge < -0.3 is 10.4 Å². The van der Waals surface area contributed by atoms with Crippen LogP contribution in [-0.2, 0) is 0 Å². The lowest BCUT2D eigenvalue weighted by atomic mass is 10.2. The topological polar surface area (TPSA) is 92.5 Å². The fourth-order valence-corrected chi connectivity index (χ4v) is 2.01. The first-order valence-electron chi connectivity index (χ1n) is 5.63. The summed E-state index contributed by atoms with van der Waals surface area (Å²) in [5.41, 5.74) is -0.668. The number of para-hydroxylation sites is 1. The predicted molar refractivity (Wildman–Crippen MR) is 76.8 cm³/mol. The summed E-state index contributed by atoms with van der Waals surface area (Å²) in [5.74, 6) is -1.68. The number of hydrogen-bond acceptors (Lipinski definition) is 4. The summed E-state index contributed by atoms with van der Waals surface area (Å²) in [6, 6.07) is 7.19. The fourth-order valence-electron chi connectivity index (χ4n) is 1.63. The molecule has 8 heteroatoms. The Balaban J connectivity index is 2.36. The number of nitrogens with zero attached hydrogens (tertiary/aromatic N) is 1. The Hall–Kier alpha value is -2.48. The summed E-state index contributed by atoms with van der Waals surface area (Å²) in [7, 11) is 0. The molecule has 0 aliphatic heterocycles. The van der Waals surface area contributed by atoms with Crippen molar-refractivity contribution in [2.75, 3.05) is 5.32 Å². The van der Waals surface area contributed by atoms with Gasteiger partial charge in [-0.05, 0) is 40.2 Å². The first-order chi connectivity index (χ1) is 9.90. The lowest BCUT2D eigenvalue weighted by molar-refractivity contribution is -0.384. The molecule has 0 aromatic heterocycles. The Bertz CT molecular complexity index is 736. The second kappa shape index (κ2) is 5.88. The quantitative estimate of drug-likeness (QED) is 0.501. The van der Waals surface area contributed by atoms with Crippen LogP contribution in [0.15, 0.2) is 40.9 Å². The molecule has 0 radical (unpaired) electrons. The van der Waals surface area contributed by atoms with Crippen LogP contribution in [0, 0.1) is 15.9 Å². The summed E-state index contributed by atoms with van der Waals surface area (Å²) >= 11 is 2.94. The average Bonchev–Trinajstić information content (AvgIpc) is 2.43. The number of nitro benzene ring substituents is 1. The molecule has 0 atom stereocenters. The van der Waals surface area contributed by atoms with Crippen LogP contribution in [0.5, 0.6) is 5.75 Å². The number of nitrogens with one attached hydrogen (secondary N) is 1. The minimum absolute atomic E-state index is 0.0841. The van der Waals surface area contributed by atoms with Crippen molar-refractivity contribution in [3.63, 3.8) is 0 Å². The molecule has 2 rings (SSSR count). The zero-order valence-corrected chi connectivity index (χ0v) is 11.9. The number of carbonyl (C=O) groups is 1. The molecule has 0 saturated carbocycles. The SMILES string of the molecule is O=C(Nc1c(O)cccc1[N+](=O)[O-])c1ccc(F)c(Br)c1. The fraction of sp³-hybridized carbons (Fsp3) is 0. The number of rotatable bonds is 3. The second-order valence-electron chi connectivity index (χ2n) is 4.01. The summed E-state index contributed by atoms with van der Waals surface area (Å²) in [6.45, 7) is 0. The van der Waals surface area contributed by atoms with Crippen molar-refractivity contribution in [3.8, 4) is 5.75 Å². The molecule has 2 N–H and O–H groups in total. The van der Waals surface area contributed by atoms with Gasteiger partial charge in [0, 0.05) is 11.6 Å². The maximum atomic E-state index is 13.1. The zero-order valence-electron chi connectivity index (χ0n) is 10.3. The third kappa shape index (κ3) is 3.16. The molecular weight excluding hydrogens is 347 g/mol. The van der Waals surface area contributed by atoms with Crippen LogP contribution in [0.2, 0.25) is 0 Å². The van der Waals surface area contributed by atoms with Gasteiger partial charge in [0.05, 0.1) is 9.40 Å². The van der Waals surface area contributed by atoms with Gasteiger partial charge in [0.1, 0.15) is 11.6 Å². The van der Waals surface area contributed by atoms with E-state index < -0.39 is 28.1 Å². The smallest absolute Gasteiger partial charge is 0.296 e. The standard InChI is InChI=1S/C13H8BrFN2O4/c14-8-6-7(4-5-9(8)15)13(19)16-12-10(17(20)21)2-1-3-11(12)18/h1-6,18H,(H,16,19). The molecule has 108 valence electrons. The highest BCUT2D eigenvalue weighted by molar-refractivity contribution is 9.10. The van der Waals surface area contributed by atoms with Crippen LogP contribution in [0.4, 0.5) is 15.8 Å². The highest BCUT2D eigenvalue weighted by Gasteiger charge is 2.20. The maximum Gasteiger partial charge on any atom is 0.296 e. The van der Waals surface area contributed by atoms with Crippen LogP contribution in [0.3, 0.4) is 0 Å². The summed E-state index contributed by atoms with van der Waals surface area (Å²) in [5, 5.41) is 22.8. The number of halogens is 2. The molecule has 2 aromatic carbocycles. The van der Waals surface area contributed by atoms with Gasteiger partial charge in [0.15, 0.2) is 5.69 Å². The van der Waals surface area contributed by atoms with E-state index in [0.717, 1.165) is 12.1 Å². The molecule has 6 nitrogen and oxygen atoms in total. The monoisotopic (exact) mass is 354 g/mol. The van der Waals surface area contributed by atoms with Gasteiger partial charge in [-0.2, -0.15) is 0 Å². The van der Waals surface area contributed by atoms with Crippen LogP contribution in [0.25, 0.3) is 0 Å². The highest BCUT2D eigenvalue weighted by atomic mass is 79.9. The molecule has 0 aliphatic rings. The van der Waals surface area contributed by atoms with E-state index in [1.54, 1.807) is 0 Å². The van der Waals surface area contributed by atoms with Gasteiger partial charge >= 0.3 is 0 Å². The lowest BCUT2D eigenvalue weighted by Gasteiger charge is -2.08. The molecule has 0 aliphatic carbocycles. The first-order valence-corrected chi connectivity index (χ1v) is 6.42. The van der Waals surface area contributed by atoms with Crippen molar-refractivity contribution in [2.24, 2.45) is 0 Å². The van der Waals surface area contributed by atoms with E-state index in [-0.39, 0.29) is 15.7 Å². The maximum absolute atomic E-state index is 13.1. The minimum Gasteiger partial charge on any atom is -0.505 e. The Kier molecular flexibility index (Phi) is 4.18. The summed E-state index contributed by atoms with van der Waals surface area (Å²) in [4.78, 5) is 22.2. The van der Waals surface area contributed by atoms with Crippen LogP contribution < -0.4 is 5.32 Å². The lowest BCUT2D eigenvalue weighted by Crippen LogP contribution is -2.13. The van der Waals surface area contributed by atoms with E-state index in [4.69, 9.17) is 0 Å². The van der Waals surface area contributed by atoms with Crippen LogP contribution in [-0.4, -0.2) is 15.9 Å². The van der Waals surface area contributed by atoms with Gasteiger partial charge in [-0.25, -0.2) is 4.39 Å². The third-order valence-electron chi connectivity index (χ3n) is 2.64. The molecule has 21 heavy (non-hydrogen) atoms. The Labute approximate surface area is 126 Å². The number of phenols is 1. The van der Waals surface area contributed by atoms with E-state index in [0.29, 0.717) is 0 Å². The number of benzene rings is 2. The van der Waals surface area contributed by atoms with Crippen molar-refractivity contribution in [3.05, 3.63) is 62.4 Å². The number of anilines is 1. The number of amides is 1. The predicted octanol–water partition coefficient (Wildman–Crippen LogP) is 3.45. The first kappa shape index (κ1) is 14.9. The number of phenolic OH excluding ortho intramolecular Hbond substituents is 1. The Morgan fingerprint density at radius 1 is 1.33 bits per heavy atom. The average molecular weight is 355 g/mol. The number of aromatic hydroxyl groups is 1. The van der Waals surface area contributed by atoms with Crippen molar-refractivity contribution in [1.82, 2.24) is 0 Å². The molecule has 0 spiro atoms. The molecule has 0 saturated heterocycles. The normalized spacial score (nSPS) is 10.2. The second-order valence-corrected chi connectivity index (χ2v) is 4.87. The van der Waals surface area contributed by atoms with E-state index in [1.165, 1.54) is 24.3 Å². The van der Waals surface area contributed by atoms with Gasteiger partial charge in [-0.15, -0.1) is 0 Å². The molecule has 0 unspecified atom stereocenters. The molecule has 0 bridgehead atoms. The van der Waals surface area contributed by atoms with Crippen molar-refractivity contribution in [2.45, 2.75) is 0 Å². The Morgan fingerprint density at radius 2 is 2.05 bits per heavy atom. The molecule has 1 amide bonds. The van der Waals surface area contributed by atoms with E-state index in [1.807, 2.05) is 0 Å². The largest absolute Gasteiger partial charge is 0.505 e. The van der Waals surface area contributed by atoms with Crippen LogP contribution >= 0.6 is 15.9 Å².